The summed E-state index contributed by atoms with van der Waals surface area (Å²) >= 11 is 3.09. The van der Waals surface area contributed by atoms with Crippen LogP contribution in [-0.4, -0.2) is 23.3 Å². The van der Waals surface area contributed by atoms with Gasteiger partial charge in [0.05, 0.1) is 20.8 Å². The highest BCUT2D eigenvalue weighted by atomic mass is 79.9. The van der Waals surface area contributed by atoms with Crippen LogP contribution < -0.4 is 10.2 Å². The van der Waals surface area contributed by atoms with Gasteiger partial charge in [-0.2, -0.15) is 0 Å². The molecule has 0 bridgehead atoms. The van der Waals surface area contributed by atoms with Crippen molar-refractivity contribution < 1.29 is 14.5 Å². The molecule has 2 aromatic rings. The molecule has 2 amide bonds. The van der Waals surface area contributed by atoms with Gasteiger partial charge < -0.3 is 10.2 Å². The first-order valence-electron chi connectivity index (χ1n) is 7.62. The number of carbonyl (C=O) groups excluding carboxylic acids is 2. The number of nitro groups is 1. The van der Waals surface area contributed by atoms with Crippen LogP contribution in [0.3, 0.4) is 0 Å². The van der Waals surface area contributed by atoms with Gasteiger partial charge >= 0.3 is 0 Å². The first kappa shape index (κ1) is 17.1. The smallest absolute Gasteiger partial charge is 0.284 e. The van der Waals surface area contributed by atoms with Gasteiger partial charge in [-0.1, -0.05) is 12.1 Å². The van der Waals surface area contributed by atoms with E-state index >= 15 is 0 Å². The molecule has 2 aromatic carbocycles. The Morgan fingerprint density at radius 2 is 2.00 bits per heavy atom. The maximum absolute atomic E-state index is 12.5. The summed E-state index contributed by atoms with van der Waals surface area (Å²) in [6, 6.07) is 11.2. The zero-order valence-electron chi connectivity index (χ0n) is 13.1. The van der Waals surface area contributed by atoms with Crippen LogP contribution in [0.25, 0.3) is 0 Å². The number of nitro benzene ring substituents is 1. The Hall–Kier alpha value is -2.74. The number of benzene rings is 2. The van der Waals surface area contributed by atoms with Gasteiger partial charge in [-0.3, -0.25) is 19.7 Å². The first-order valence-corrected chi connectivity index (χ1v) is 8.41. The second-order valence-corrected chi connectivity index (χ2v) is 6.40. The van der Waals surface area contributed by atoms with Gasteiger partial charge in [0, 0.05) is 24.6 Å². The van der Waals surface area contributed by atoms with Crippen molar-refractivity contribution in [3.63, 3.8) is 0 Å². The molecule has 0 aromatic heterocycles. The van der Waals surface area contributed by atoms with E-state index in [0.29, 0.717) is 28.8 Å². The van der Waals surface area contributed by atoms with Gasteiger partial charge in [0.15, 0.2) is 0 Å². The molecule has 0 aliphatic carbocycles. The van der Waals surface area contributed by atoms with E-state index in [1.165, 1.54) is 18.2 Å². The first-order chi connectivity index (χ1) is 12.0. The van der Waals surface area contributed by atoms with Crippen molar-refractivity contribution in [3.8, 4) is 0 Å². The lowest BCUT2D eigenvalue weighted by Gasteiger charge is -2.20. The Kier molecular flexibility index (Phi) is 4.80. The Bertz CT molecular complexity index is 869. The Labute approximate surface area is 151 Å². The summed E-state index contributed by atoms with van der Waals surface area (Å²) in [5.41, 5.74) is 1.10. The largest absolute Gasteiger partial charge is 0.320 e. The molecule has 0 atom stereocenters. The van der Waals surface area contributed by atoms with E-state index in [0.717, 1.165) is 6.42 Å². The topological polar surface area (TPSA) is 92.6 Å². The van der Waals surface area contributed by atoms with Gasteiger partial charge in [0.1, 0.15) is 0 Å². The highest BCUT2D eigenvalue weighted by molar-refractivity contribution is 9.10. The number of amides is 2. The van der Waals surface area contributed by atoms with E-state index in [-0.39, 0.29) is 17.2 Å². The monoisotopic (exact) mass is 403 g/mol. The number of halogens is 1. The summed E-state index contributed by atoms with van der Waals surface area (Å²) in [6.07, 6.45) is 1.27. The van der Waals surface area contributed by atoms with Crippen molar-refractivity contribution in [3.05, 3.63) is 62.6 Å². The van der Waals surface area contributed by atoms with E-state index < -0.39 is 10.8 Å². The van der Waals surface area contributed by atoms with Crippen molar-refractivity contribution in [1.82, 2.24) is 0 Å². The molecule has 0 radical (unpaired) electrons. The highest BCUT2D eigenvalue weighted by Gasteiger charge is 2.24. The third kappa shape index (κ3) is 3.53. The van der Waals surface area contributed by atoms with Gasteiger partial charge in [0.2, 0.25) is 5.91 Å². The third-order valence-electron chi connectivity index (χ3n) is 3.92. The molecule has 0 unspecified atom stereocenters. The quantitative estimate of drug-likeness (QED) is 0.621. The second kappa shape index (κ2) is 7.02. The lowest BCUT2D eigenvalue weighted by molar-refractivity contribution is -0.385. The summed E-state index contributed by atoms with van der Waals surface area (Å²) in [7, 11) is 0. The van der Waals surface area contributed by atoms with Crippen molar-refractivity contribution in [1.29, 1.82) is 0 Å². The van der Waals surface area contributed by atoms with Crippen molar-refractivity contribution >= 4 is 44.8 Å². The molecule has 0 spiro atoms. The molecular weight excluding hydrogens is 390 g/mol. The fourth-order valence-corrected chi connectivity index (χ4v) is 3.10. The number of anilines is 2. The van der Waals surface area contributed by atoms with Crippen LogP contribution in [0.1, 0.15) is 23.2 Å². The fraction of sp³-hybridized carbons (Fsp3) is 0.176. The fourth-order valence-electron chi connectivity index (χ4n) is 2.71. The zero-order chi connectivity index (χ0) is 18.0. The van der Waals surface area contributed by atoms with E-state index in [2.05, 4.69) is 21.2 Å². The summed E-state index contributed by atoms with van der Waals surface area (Å²) < 4.78 is 0.303. The van der Waals surface area contributed by atoms with Gasteiger partial charge in [-0.05, 0) is 46.6 Å². The van der Waals surface area contributed by atoms with E-state index in [1.807, 2.05) is 0 Å². The average Bonchev–Trinajstić information content (AvgIpc) is 3.01. The van der Waals surface area contributed by atoms with Crippen LogP contribution >= 0.6 is 15.9 Å². The summed E-state index contributed by atoms with van der Waals surface area (Å²) in [5.74, 6) is -0.462. The standard InChI is InChI=1S/C17H14BrN3O4/c18-12-8-7-11(10-15(12)21(24)25)17(23)19-13-4-1-2-5-14(13)20-9-3-6-16(20)22/h1-2,4-5,7-8,10H,3,6,9H2,(H,19,23). The second-order valence-electron chi connectivity index (χ2n) is 5.54. The van der Waals surface area contributed by atoms with Crippen LogP contribution in [0.15, 0.2) is 46.9 Å². The predicted octanol–water partition coefficient (Wildman–Crippen LogP) is 3.74. The summed E-state index contributed by atoms with van der Waals surface area (Å²) in [6.45, 7) is 0.607. The molecule has 1 saturated heterocycles. The van der Waals surface area contributed by atoms with Crippen molar-refractivity contribution in [2.45, 2.75) is 12.8 Å². The van der Waals surface area contributed by atoms with Gasteiger partial charge in [-0.15, -0.1) is 0 Å². The van der Waals surface area contributed by atoms with Crippen LogP contribution in [0.4, 0.5) is 17.1 Å². The molecule has 1 aliphatic heterocycles. The van der Waals surface area contributed by atoms with E-state index in [1.54, 1.807) is 29.2 Å². The molecular formula is C17H14BrN3O4. The van der Waals surface area contributed by atoms with Crippen LogP contribution in [-0.2, 0) is 4.79 Å². The maximum Gasteiger partial charge on any atom is 0.284 e. The number of hydrogen-bond acceptors (Lipinski definition) is 4. The number of carbonyl (C=O) groups is 2. The predicted molar refractivity (Wildman–Crippen MR) is 96.8 cm³/mol. The van der Waals surface area contributed by atoms with Gasteiger partial charge in [0.25, 0.3) is 11.6 Å². The number of nitrogens with zero attached hydrogens (tertiary/aromatic N) is 2. The minimum Gasteiger partial charge on any atom is -0.320 e. The van der Waals surface area contributed by atoms with Crippen LogP contribution in [0.5, 0.6) is 0 Å². The number of nitrogens with one attached hydrogen (secondary N) is 1. The SMILES string of the molecule is O=C(Nc1ccccc1N1CCCC1=O)c1ccc(Br)c([N+](=O)[O-])c1. The normalized spacial score (nSPS) is 13.8. The lowest BCUT2D eigenvalue weighted by atomic mass is 10.1. The molecule has 1 fully saturated rings. The zero-order valence-corrected chi connectivity index (χ0v) is 14.7. The number of hydrogen-bond donors (Lipinski definition) is 1. The molecule has 8 heteroatoms. The molecule has 7 nitrogen and oxygen atoms in total. The summed E-state index contributed by atoms with van der Waals surface area (Å²) in [5, 5.41) is 13.8. The molecule has 0 saturated carbocycles. The Morgan fingerprint density at radius 3 is 2.68 bits per heavy atom. The van der Waals surface area contributed by atoms with Crippen LogP contribution in [0, 0.1) is 10.1 Å². The van der Waals surface area contributed by atoms with Gasteiger partial charge in [-0.25, -0.2) is 0 Å². The molecule has 3 rings (SSSR count). The summed E-state index contributed by atoms with van der Waals surface area (Å²) in [4.78, 5) is 36.6. The molecule has 1 N–H and O–H groups in total. The average molecular weight is 404 g/mol. The third-order valence-corrected chi connectivity index (χ3v) is 4.59. The van der Waals surface area contributed by atoms with E-state index in [9.17, 15) is 19.7 Å². The minimum absolute atomic E-state index is 0.0148. The van der Waals surface area contributed by atoms with E-state index in [4.69, 9.17) is 0 Å². The molecule has 128 valence electrons. The molecule has 25 heavy (non-hydrogen) atoms. The number of para-hydroxylation sites is 2. The number of rotatable bonds is 4. The Morgan fingerprint density at radius 1 is 1.24 bits per heavy atom. The van der Waals surface area contributed by atoms with Crippen molar-refractivity contribution in [2.24, 2.45) is 0 Å². The molecule has 1 heterocycles. The molecule has 1 aliphatic rings. The lowest BCUT2D eigenvalue weighted by Crippen LogP contribution is -2.25. The van der Waals surface area contributed by atoms with Crippen LogP contribution in [0.2, 0.25) is 0 Å². The minimum atomic E-state index is -0.558. The Balaban J connectivity index is 1.88. The maximum atomic E-state index is 12.5. The highest BCUT2D eigenvalue weighted by Crippen LogP contribution is 2.30. The van der Waals surface area contributed by atoms with Crippen molar-refractivity contribution in [2.75, 3.05) is 16.8 Å².